The van der Waals surface area contributed by atoms with Crippen LogP contribution in [0.5, 0.6) is 0 Å². The van der Waals surface area contributed by atoms with E-state index in [-0.39, 0.29) is 0 Å². The summed E-state index contributed by atoms with van der Waals surface area (Å²) in [6, 6.07) is 72.9. The van der Waals surface area contributed by atoms with Gasteiger partial charge in [-0.1, -0.05) is 216 Å². The van der Waals surface area contributed by atoms with Crippen LogP contribution in [-0.4, -0.2) is 34.9 Å². The van der Waals surface area contributed by atoms with Crippen LogP contribution in [0.3, 0.4) is 0 Å². The van der Waals surface area contributed by atoms with E-state index in [9.17, 15) is 0 Å². The van der Waals surface area contributed by atoms with Crippen LogP contribution in [0.1, 0.15) is 101 Å². The summed E-state index contributed by atoms with van der Waals surface area (Å²) in [4.78, 5) is 27.8. The number of rotatable bonds is 0. The summed E-state index contributed by atoms with van der Waals surface area (Å²) < 4.78 is 0. The molecule has 7 heteroatoms. The lowest BCUT2D eigenvalue weighted by molar-refractivity contribution is 0.920. The standard InChI is InChI=1S/5C12H12.2C7H9N.C6H8N2.C5H7N3/c1-9-3-5-11-6-4-10(2)8-12(11)7-9;1-9-5-3-8-12-10(2)6-4-7-11(9)12;1-9-5-3-7-11-8-4-6-10(2)12(9)11;1-9-6-7-12-10(2)4-3-5-11(12)8-9;1-9-6-7-11-5-3-4-10(2)12(11)8-9;1-6-3-7(2)5-8-4-6;1-6-4-3-5-7(2)8-6;1-5-3-8-6(2)4-7-5;1-4-6-3-7-5(2)8-4/h5*3-8H,1-2H3;2*3-5H,1-2H3;3-4H,1-2H3;3H,1-2H3. The van der Waals surface area contributed by atoms with Crippen molar-refractivity contribution in [1.82, 2.24) is 34.9 Å². The van der Waals surface area contributed by atoms with Crippen molar-refractivity contribution in [2.45, 2.75) is 125 Å². The van der Waals surface area contributed by atoms with E-state index in [0.29, 0.717) is 0 Å². The largest absolute Gasteiger partial charge is 0.264 e. The zero-order chi connectivity index (χ0) is 66.7. The smallest absolute Gasteiger partial charge is 0.129 e. The Kier molecular flexibility index (Phi) is 27.7. The van der Waals surface area contributed by atoms with Crippen molar-refractivity contribution in [1.29, 1.82) is 0 Å². The molecule has 14 aromatic rings. The van der Waals surface area contributed by atoms with Crippen molar-refractivity contribution in [3.05, 3.63) is 339 Å². The van der Waals surface area contributed by atoms with Gasteiger partial charge in [0.25, 0.3) is 0 Å². The van der Waals surface area contributed by atoms with Crippen LogP contribution in [0, 0.1) is 125 Å². The van der Waals surface area contributed by atoms with Gasteiger partial charge in [0.15, 0.2) is 0 Å². The van der Waals surface area contributed by atoms with Crippen molar-refractivity contribution in [2.75, 3.05) is 0 Å². The molecule has 0 aliphatic rings. The lowest BCUT2D eigenvalue weighted by Crippen LogP contribution is -1.91. The quantitative estimate of drug-likeness (QED) is 0.149. The summed E-state index contributed by atoms with van der Waals surface area (Å²) in [5.74, 6) is 1.55. The number of fused-ring (bicyclic) bond motifs is 5. The molecular formula is C85H93N7. The van der Waals surface area contributed by atoms with E-state index in [0.717, 1.165) is 34.4 Å². The van der Waals surface area contributed by atoms with E-state index in [1.54, 1.807) is 12.4 Å². The predicted octanol–water partition coefficient (Wildman–Crippen LogP) is 22.3. The van der Waals surface area contributed by atoms with Crippen LogP contribution in [0.25, 0.3) is 53.9 Å². The van der Waals surface area contributed by atoms with E-state index in [1.807, 2.05) is 86.0 Å². The molecule has 0 bridgehead atoms. The molecule has 0 aliphatic carbocycles. The Morgan fingerprint density at radius 1 is 0.217 bits per heavy atom. The minimum Gasteiger partial charge on any atom is -0.264 e. The molecule has 14 rings (SSSR count). The lowest BCUT2D eigenvalue weighted by Gasteiger charge is -2.04. The highest BCUT2D eigenvalue weighted by Gasteiger charge is 2.01. The maximum Gasteiger partial charge on any atom is 0.129 e. The predicted molar refractivity (Wildman–Crippen MR) is 395 cm³/mol. The normalized spacial score (nSPS) is 10.1. The molecule has 92 heavy (non-hydrogen) atoms. The molecule has 4 aromatic heterocycles. The molecule has 0 fully saturated rings. The van der Waals surface area contributed by atoms with Crippen molar-refractivity contribution < 1.29 is 0 Å². The molecule has 0 saturated carbocycles. The molecule has 0 N–H and O–H groups in total. The summed E-state index contributed by atoms with van der Waals surface area (Å²) in [5, 5.41) is 13.6. The first-order valence-corrected chi connectivity index (χ1v) is 31.5. The fourth-order valence-electron chi connectivity index (χ4n) is 10.3. The summed E-state index contributed by atoms with van der Waals surface area (Å²) in [7, 11) is 0. The topological polar surface area (TPSA) is 90.2 Å². The van der Waals surface area contributed by atoms with Crippen LogP contribution in [-0.2, 0) is 0 Å². The SMILES string of the molecule is Cc1ccc2c(C)cccc2c1.Cc1ccc2ccc(C)cc2c1.Cc1ccc2cccc(C)c2c1.Cc1cccc(C)n1.Cc1cccc2c(C)cccc12.Cc1cccc2cccc(C)c12.Cc1cnc(C)cn1.Cc1cncc(C)c1.Cc1ncnc(C)n1. The Bertz CT molecular complexity index is 4300. The molecule has 7 nitrogen and oxygen atoms in total. The first-order chi connectivity index (χ1) is 44.0. The highest BCUT2D eigenvalue weighted by atomic mass is 15.0. The van der Waals surface area contributed by atoms with Crippen LogP contribution >= 0.6 is 0 Å². The Balaban J connectivity index is 0.000000165. The van der Waals surface area contributed by atoms with Crippen LogP contribution in [0.15, 0.2) is 237 Å². The zero-order valence-electron chi connectivity index (χ0n) is 57.6. The fraction of sp³-hybridized carbons (Fsp3) is 0.212. The number of hydrogen-bond acceptors (Lipinski definition) is 7. The highest BCUT2D eigenvalue weighted by molar-refractivity contribution is 5.90. The minimum absolute atomic E-state index is 0.775. The van der Waals surface area contributed by atoms with E-state index in [2.05, 4.69) is 292 Å². The number of hydrogen-bond donors (Lipinski definition) is 0. The number of benzene rings is 10. The van der Waals surface area contributed by atoms with Gasteiger partial charge < -0.3 is 0 Å². The molecule has 0 spiro atoms. The molecule has 0 saturated heterocycles. The molecule has 0 atom stereocenters. The summed E-state index contributed by atoms with van der Waals surface area (Å²) in [5.41, 5.74) is 20.0. The van der Waals surface area contributed by atoms with Gasteiger partial charge in [-0.15, -0.1) is 0 Å². The second kappa shape index (κ2) is 35.9. The number of nitrogens with zero attached hydrogens (tertiary/aromatic N) is 7. The molecule has 0 amide bonds. The highest BCUT2D eigenvalue weighted by Crippen LogP contribution is 2.24. The molecule has 4 heterocycles. The van der Waals surface area contributed by atoms with Gasteiger partial charge in [-0.3, -0.25) is 19.9 Å². The van der Waals surface area contributed by atoms with Gasteiger partial charge in [-0.2, -0.15) is 0 Å². The average Bonchev–Trinajstić information content (AvgIpc) is 1.14. The van der Waals surface area contributed by atoms with Crippen LogP contribution in [0.2, 0.25) is 0 Å². The third kappa shape index (κ3) is 23.4. The van der Waals surface area contributed by atoms with Gasteiger partial charge in [0.1, 0.15) is 18.0 Å². The third-order valence-electron chi connectivity index (χ3n) is 15.1. The Morgan fingerprint density at radius 2 is 0.598 bits per heavy atom. The summed E-state index contributed by atoms with van der Waals surface area (Å²) >= 11 is 0. The van der Waals surface area contributed by atoms with E-state index >= 15 is 0 Å². The summed E-state index contributed by atoms with van der Waals surface area (Å²) in [6.07, 6.45) is 8.74. The van der Waals surface area contributed by atoms with Crippen molar-refractivity contribution >= 4 is 53.9 Å². The second-order valence-electron chi connectivity index (χ2n) is 23.8. The van der Waals surface area contributed by atoms with Crippen molar-refractivity contribution in [3.63, 3.8) is 0 Å². The van der Waals surface area contributed by atoms with Gasteiger partial charge in [-0.05, 0) is 235 Å². The van der Waals surface area contributed by atoms with Gasteiger partial charge >= 0.3 is 0 Å². The Morgan fingerprint density at radius 3 is 1.01 bits per heavy atom. The molecule has 0 aliphatic heterocycles. The molecular weight excluding hydrogens is 1120 g/mol. The van der Waals surface area contributed by atoms with E-state index in [1.165, 1.54) is 127 Å². The minimum atomic E-state index is 0.775. The fourth-order valence-corrected chi connectivity index (χ4v) is 10.3. The van der Waals surface area contributed by atoms with E-state index in [4.69, 9.17) is 0 Å². The van der Waals surface area contributed by atoms with Crippen molar-refractivity contribution in [3.8, 4) is 0 Å². The first kappa shape index (κ1) is 71.0. The molecule has 0 radical (unpaired) electrons. The summed E-state index contributed by atoms with van der Waals surface area (Å²) in [6.45, 7) is 37.0. The van der Waals surface area contributed by atoms with Crippen molar-refractivity contribution in [2.24, 2.45) is 0 Å². The van der Waals surface area contributed by atoms with Gasteiger partial charge in [0, 0.05) is 36.2 Å². The molecule has 468 valence electrons. The van der Waals surface area contributed by atoms with Crippen LogP contribution in [0.4, 0.5) is 0 Å². The number of aryl methyl sites for hydroxylation is 18. The second-order valence-corrected chi connectivity index (χ2v) is 23.8. The van der Waals surface area contributed by atoms with Gasteiger partial charge in [0.05, 0.1) is 11.4 Å². The van der Waals surface area contributed by atoms with E-state index < -0.39 is 0 Å². The Labute approximate surface area is 548 Å². The lowest BCUT2D eigenvalue weighted by atomic mass is 10.0. The average molecular weight is 1210 g/mol. The van der Waals surface area contributed by atoms with Crippen LogP contribution < -0.4 is 0 Å². The number of aromatic nitrogens is 7. The van der Waals surface area contributed by atoms with Gasteiger partial charge in [-0.25, -0.2) is 15.0 Å². The third-order valence-corrected chi connectivity index (χ3v) is 15.1. The molecule has 0 unspecified atom stereocenters. The molecule has 10 aromatic carbocycles. The monoisotopic (exact) mass is 1210 g/mol. The van der Waals surface area contributed by atoms with Gasteiger partial charge in [0.2, 0.25) is 0 Å². The zero-order valence-corrected chi connectivity index (χ0v) is 57.6. The maximum atomic E-state index is 4.17. The number of pyridine rings is 2. The first-order valence-electron chi connectivity index (χ1n) is 31.5. The maximum absolute atomic E-state index is 4.17. The Hall–Kier alpha value is -10.1.